The fraction of sp³-hybridized carbons (Fsp3) is 0.467. The lowest BCUT2D eigenvalue weighted by molar-refractivity contribution is -0.144. The van der Waals surface area contributed by atoms with Gasteiger partial charge in [0, 0.05) is 38.4 Å². The zero-order valence-electron chi connectivity index (χ0n) is 12.9. The van der Waals surface area contributed by atoms with Gasteiger partial charge in [-0.05, 0) is 18.2 Å². The van der Waals surface area contributed by atoms with E-state index in [-0.39, 0.29) is 6.61 Å². The number of nitrogens with one attached hydrogen (secondary N) is 1. The number of aliphatic hydroxyl groups is 1. The molecule has 0 atom stereocenters. The molecule has 0 saturated carbocycles. The van der Waals surface area contributed by atoms with Crippen molar-refractivity contribution in [2.75, 3.05) is 51.8 Å². The first-order valence-corrected chi connectivity index (χ1v) is 7.70. The van der Waals surface area contributed by atoms with Crippen LogP contribution < -0.4 is 10.1 Å². The molecular formula is C15H20ClN3O4. The zero-order valence-corrected chi connectivity index (χ0v) is 13.7. The third kappa shape index (κ3) is 4.57. The fourth-order valence-electron chi connectivity index (χ4n) is 2.39. The van der Waals surface area contributed by atoms with Crippen molar-refractivity contribution in [3.8, 4) is 5.75 Å². The highest BCUT2D eigenvalue weighted by Crippen LogP contribution is 2.27. The summed E-state index contributed by atoms with van der Waals surface area (Å²) in [6.45, 7) is 2.90. The molecule has 0 radical (unpaired) electrons. The molecule has 0 bridgehead atoms. The van der Waals surface area contributed by atoms with Crippen LogP contribution in [0.4, 0.5) is 5.69 Å². The van der Waals surface area contributed by atoms with Crippen molar-refractivity contribution in [2.45, 2.75) is 0 Å². The zero-order chi connectivity index (χ0) is 16.8. The molecule has 1 aromatic rings. The Bertz CT molecular complexity index is 574. The Labute approximate surface area is 139 Å². The number of anilines is 1. The molecule has 2 rings (SSSR count). The number of rotatable bonds is 4. The number of nitrogens with zero attached hydrogens (tertiary/aromatic N) is 2. The lowest BCUT2D eigenvalue weighted by Crippen LogP contribution is -2.52. The Balaban J connectivity index is 1.90. The van der Waals surface area contributed by atoms with Crippen LogP contribution in [0.3, 0.4) is 0 Å². The van der Waals surface area contributed by atoms with Crippen LogP contribution in [0.1, 0.15) is 0 Å². The van der Waals surface area contributed by atoms with Crippen LogP contribution in [0.15, 0.2) is 18.2 Å². The second-order valence-electron chi connectivity index (χ2n) is 5.16. The minimum Gasteiger partial charge on any atom is -0.495 e. The number of hydrogen-bond donors (Lipinski definition) is 2. The summed E-state index contributed by atoms with van der Waals surface area (Å²) in [6, 6.07) is 4.77. The SMILES string of the molecule is COc1ccc(NC(=O)C(=O)N2CCN(CCO)CC2)cc1Cl. The summed E-state index contributed by atoms with van der Waals surface area (Å²) >= 11 is 5.99. The highest BCUT2D eigenvalue weighted by atomic mass is 35.5. The number of carbonyl (C=O) groups excluding carboxylic acids is 2. The molecule has 126 valence electrons. The van der Waals surface area contributed by atoms with Gasteiger partial charge in [0.2, 0.25) is 0 Å². The summed E-state index contributed by atoms with van der Waals surface area (Å²) in [5.41, 5.74) is 0.438. The monoisotopic (exact) mass is 341 g/mol. The predicted molar refractivity (Wildman–Crippen MR) is 86.7 cm³/mol. The highest BCUT2D eigenvalue weighted by Gasteiger charge is 2.25. The lowest BCUT2D eigenvalue weighted by Gasteiger charge is -2.33. The van der Waals surface area contributed by atoms with E-state index in [1.54, 1.807) is 12.1 Å². The molecule has 1 heterocycles. The number of aliphatic hydroxyl groups excluding tert-OH is 1. The van der Waals surface area contributed by atoms with Crippen molar-refractivity contribution in [3.05, 3.63) is 23.2 Å². The molecule has 1 saturated heterocycles. The van der Waals surface area contributed by atoms with Crippen molar-refractivity contribution < 1.29 is 19.4 Å². The number of β-amino-alcohol motifs (C(OH)–C–C–N with tert-alkyl or cyclic N) is 1. The third-order valence-corrected chi connectivity index (χ3v) is 3.98. The predicted octanol–water partition coefficient (Wildman–Crippen LogP) is 0.424. The molecule has 23 heavy (non-hydrogen) atoms. The van der Waals surface area contributed by atoms with Gasteiger partial charge in [-0.15, -0.1) is 0 Å². The normalized spacial score (nSPS) is 15.3. The Morgan fingerprint density at radius 2 is 2.00 bits per heavy atom. The first kappa shape index (κ1) is 17.5. The van der Waals surface area contributed by atoms with Crippen LogP contribution in [0, 0.1) is 0 Å². The molecule has 1 aromatic carbocycles. The quantitative estimate of drug-likeness (QED) is 0.776. The summed E-state index contributed by atoms with van der Waals surface area (Å²) < 4.78 is 5.04. The Morgan fingerprint density at radius 3 is 2.57 bits per heavy atom. The standard InChI is InChI=1S/C15H20ClN3O4/c1-23-13-3-2-11(10-12(13)16)17-14(21)15(22)19-6-4-18(5-7-19)8-9-20/h2-3,10,20H,4-9H2,1H3,(H,17,21). The van der Waals surface area contributed by atoms with E-state index < -0.39 is 11.8 Å². The number of amides is 2. The van der Waals surface area contributed by atoms with Gasteiger partial charge in [0.05, 0.1) is 18.7 Å². The number of hydrogen-bond acceptors (Lipinski definition) is 5. The molecule has 2 N–H and O–H groups in total. The van der Waals surface area contributed by atoms with E-state index in [1.807, 2.05) is 4.90 Å². The van der Waals surface area contributed by atoms with Gasteiger partial charge in [-0.2, -0.15) is 0 Å². The van der Waals surface area contributed by atoms with Gasteiger partial charge >= 0.3 is 11.8 Å². The highest BCUT2D eigenvalue weighted by molar-refractivity contribution is 6.39. The van der Waals surface area contributed by atoms with Crippen molar-refractivity contribution in [3.63, 3.8) is 0 Å². The summed E-state index contributed by atoms with van der Waals surface area (Å²) in [5.74, 6) is -0.765. The molecule has 1 aliphatic heterocycles. The van der Waals surface area contributed by atoms with Gasteiger partial charge in [0.15, 0.2) is 0 Å². The minimum atomic E-state index is -0.693. The maximum absolute atomic E-state index is 12.2. The van der Waals surface area contributed by atoms with E-state index in [2.05, 4.69) is 5.32 Å². The molecular weight excluding hydrogens is 322 g/mol. The van der Waals surface area contributed by atoms with Gasteiger partial charge < -0.3 is 20.1 Å². The smallest absolute Gasteiger partial charge is 0.313 e. The van der Waals surface area contributed by atoms with Crippen LogP contribution in [0.2, 0.25) is 5.02 Å². The van der Waals surface area contributed by atoms with Crippen molar-refractivity contribution >= 4 is 29.1 Å². The Hall–Kier alpha value is -1.83. The second-order valence-corrected chi connectivity index (χ2v) is 5.57. The van der Waals surface area contributed by atoms with Gasteiger partial charge in [0.1, 0.15) is 5.75 Å². The molecule has 2 amide bonds. The van der Waals surface area contributed by atoms with Gasteiger partial charge in [0.25, 0.3) is 0 Å². The van der Waals surface area contributed by atoms with Gasteiger partial charge in [-0.3, -0.25) is 14.5 Å². The number of methoxy groups -OCH3 is 1. The van der Waals surface area contributed by atoms with Gasteiger partial charge in [-0.25, -0.2) is 0 Å². The van der Waals surface area contributed by atoms with E-state index in [0.29, 0.717) is 49.2 Å². The van der Waals surface area contributed by atoms with Crippen LogP contribution in [0.5, 0.6) is 5.75 Å². The van der Waals surface area contributed by atoms with E-state index in [9.17, 15) is 9.59 Å². The third-order valence-electron chi connectivity index (χ3n) is 3.68. The maximum atomic E-state index is 12.2. The van der Waals surface area contributed by atoms with Crippen LogP contribution >= 0.6 is 11.6 Å². The van der Waals surface area contributed by atoms with E-state index in [4.69, 9.17) is 21.4 Å². The molecule has 0 aliphatic carbocycles. The summed E-state index contributed by atoms with van der Waals surface area (Å²) in [6.07, 6.45) is 0. The number of carbonyl (C=O) groups is 2. The molecule has 7 nitrogen and oxygen atoms in total. The Morgan fingerprint density at radius 1 is 1.30 bits per heavy atom. The van der Waals surface area contributed by atoms with Crippen molar-refractivity contribution in [2.24, 2.45) is 0 Å². The van der Waals surface area contributed by atoms with E-state index in [0.717, 1.165) is 0 Å². The molecule has 0 spiro atoms. The molecule has 0 aromatic heterocycles. The molecule has 8 heteroatoms. The van der Waals surface area contributed by atoms with Crippen molar-refractivity contribution in [1.29, 1.82) is 0 Å². The summed E-state index contributed by atoms with van der Waals surface area (Å²) in [7, 11) is 1.50. The maximum Gasteiger partial charge on any atom is 0.313 e. The Kier molecular flexibility index (Phi) is 6.20. The van der Waals surface area contributed by atoms with Crippen LogP contribution in [-0.2, 0) is 9.59 Å². The van der Waals surface area contributed by atoms with Gasteiger partial charge in [-0.1, -0.05) is 11.6 Å². The van der Waals surface area contributed by atoms with Crippen molar-refractivity contribution in [1.82, 2.24) is 9.80 Å². The summed E-state index contributed by atoms with van der Waals surface area (Å²) in [5, 5.41) is 11.8. The molecule has 1 fully saturated rings. The summed E-state index contributed by atoms with van der Waals surface area (Å²) in [4.78, 5) is 27.8. The number of ether oxygens (including phenoxy) is 1. The lowest BCUT2D eigenvalue weighted by atomic mass is 10.2. The average Bonchev–Trinajstić information content (AvgIpc) is 2.55. The average molecular weight is 342 g/mol. The molecule has 1 aliphatic rings. The first-order chi connectivity index (χ1) is 11.0. The van der Waals surface area contributed by atoms with E-state index in [1.165, 1.54) is 18.1 Å². The number of benzene rings is 1. The second kappa shape index (κ2) is 8.14. The number of halogens is 1. The number of piperazine rings is 1. The first-order valence-electron chi connectivity index (χ1n) is 7.32. The van der Waals surface area contributed by atoms with Crippen LogP contribution in [-0.4, -0.2) is 73.2 Å². The van der Waals surface area contributed by atoms with E-state index >= 15 is 0 Å². The minimum absolute atomic E-state index is 0.0899. The largest absolute Gasteiger partial charge is 0.495 e. The molecule has 0 unspecified atom stereocenters. The topological polar surface area (TPSA) is 82.1 Å². The van der Waals surface area contributed by atoms with Crippen LogP contribution in [0.25, 0.3) is 0 Å². The fourth-order valence-corrected chi connectivity index (χ4v) is 2.65.